The lowest BCUT2D eigenvalue weighted by molar-refractivity contribution is 0.0706. The number of aromatic nitrogens is 2. The zero-order valence-electron chi connectivity index (χ0n) is 9.99. The van der Waals surface area contributed by atoms with Crippen LogP contribution in [-0.4, -0.2) is 34.1 Å². The molecule has 0 aliphatic heterocycles. The first kappa shape index (κ1) is 11.2. The van der Waals surface area contributed by atoms with Gasteiger partial charge in [-0.25, -0.2) is 0 Å². The van der Waals surface area contributed by atoms with Crippen LogP contribution in [0.2, 0.25) is 0 Å². The molecule has 1 N–H and O–H groups in total. The summed E-state index contributed by atoms with van der Waals surface area (Å²) in [6, 6.07) is 0. The van der Waals surface area contributed by atoms with Crippen molar-refractivity contribution in [2.24, 2.45) is 5.92 Å². The third-order valence-corrected chi connectivity index (χ3v) is 3.43. The van der Waals surface area contributed by atoms with Crippen LogP contribution in [-0.2, 0) is 0 Å². The Morgan fingerprint density at radius 2 is 2.38 bits per heavy atom. The van der Waals surface area contributed by atoms with E-state index in [-0.39, 0.29) is 5.91 Å². The maximum Gasteiger partial charge on any atom is 0.257 e. The van der Waals surface area contributed by atoms with Gasteiger partial charge in [0.15, 0.2) is 0 Å². The van der Waals surface area contributed by atoms with E-state index in [1.165, 1.54) is 19.3 Å². The lowest BCUT2D eigenvalue weighted by Gasteiger charge is -2.31. The molecule has 0 bridgehead atoms. The maximum atomic E-state index is 12.2. The smallest absolute Gasteiger partial charge is 0.257 e. The van der Waals surface area contributed by atoms with E-state index in [0.29, 0.717) is 5.56 Å². The number of hydrogen-bond acceptors (Lipinski definition) is 2. The number of H-pyrrole nitrogens is 1. The molecule has 16 heavy (non-hydrogen) atoms. The summed E-state index contributed by atoms with van der Waals surface area (Å²) in [5.74, 6) is 0.830. The largest absolute Gasteiger partial charge is 0.339 e. The molecule has 2 rings (SSSR count). The van der Waals surface area contributed by atoms with Gasteiger partial charge >= 0.3 is 0 Å². The lowest BCUT2D eigenvalue weighted by Crippen LogP contribution is -2.37. The normalized spacial score (nSPS) is 15.9. The molecule has 88 valence electrons. The van der Waals surface area contributed by atoms with Crippen molar-refractivity contribution < 1.29 is 4.79 Å². The molecule has 0 radical (unpaired) electrons. The Bertz CT molecular complexity index is 368. The maximum absolute atomic E-state index is 12.2. The minimum absolute atomic E-state index is 0.112. The molecule has 1 heterocycles. The van der Waals surface area contributed by atoms with Gasteiger partial charge in [0.2, 0.25) is 0 Å². The van der Waals surface area contributed by atoms with E-state index >= 15 is 0 Å². The molecule has 0 atom stereocenters. The second kappa shape index (κ2) is 4.68. The minimum atomic E-state index is 0.112. The lowest BCUT2D eigenvalue weighted by atomic mass is 9.85. The fourth-order valence-electron chi connectivity index (χ4n) is 2.08. The van der Waals surface area contributed by atoms with Crippen molar-refractivity contribution in [3.05, 3.63) is 17.5 Å². The van der Waals surface area contributed by atoms with Crippen LogP contribution in [0.1, 0.15) is 42.2 Å². The van der Waals surface area contributed by atoms with Crippen LogP contribution in [0.3, 0.4) is 0 Å². The summed E-state index contributed by atoms with van der Waals surface area (Å²) in [5, 5.41) is 6.71. The van der Waals surface area contributed by atoms with Gasteiger partial charge in [-0.2, -0.15) is 5.10 Å². The van der Waals surface area contributed by atoms with Crippen LogP contribution < -0.4 is 0 Å². The molecule has 1 aliphatic carbocycles. The summed E-state index contributed by atoms with van der Waals surface area (Å²) < 4.78 is 0. The number of nitrogens with one attached hydrogen (secondary N) is 1. The highest BCUT2D eigenvalue weighted by molar-refractivity contribution is 5.95. The van der Waals surface area contributed by atoms with Crippen LogP contribution >= 0.6 is 0 Å². The van der Waals surface area contributed by atoms with Gasteiger partial charge in [0.25, 0.3) is 5.91 Å². The van der Waals surface area contributed by atoms with Gasteiger partial charge in [-0.1, -0.05) is 6.42 Å². The highest BCUT2D eigenvalue weighted by Gasteiger charge is 2.24. The third-order valence-electron chi connectivity index (χ3n) is 3.43. The predicted molar refractivity (Wildman–Crippen MR) is 62.2 cm³/mol. The summed E-state index contributed by atoms with van der Waals surface area (Å²) in [6.07, 6.45) is 5.49. The summed E-state index contributed by atoms with van der Waals surface area (Å²) in [5.41, 5.74) is 1.57. The summed E-state index contributed by atoms with van der Waals surface area (Å²) in [7, 11) is 0. The SMILES string of the molecule is CCN(CC1CCC1)C(=O)c1cn[nH]c1C. The summed E-state index contributed by atoms with van der Waals surface area (Å²) in [4.78, 5) is 14.1. The van der Waals surface area contributed by atoms with E-state index in [1.807, 2.05) is 18.7 Å². The summed E-state index contributed by atoms with van der Waals surface area (Å²) >= 11 is 0. The van der Waals surface area contributed by atoms with Crippen molar-refractivity contribution in [1.82, 2.24) is 15.1 Å². The number of nitrogens with zero attached hydrogens (tertiary/aromatic N) is 2. The van der Waals surface area contributed by atoms with Crippen molar-refractivity contribution >= 4 is 5.91 Å². The van der Waals surface area contributed by atoms with Gasteiger partial charge in [-0.05, 0) is 32.6 Å². The second-order valence-electron chi connectivity index (χ2n) is 4.55. The van der Waals surface area contributed by atoms with Crippen molar-refractivity contribution in [2.75, 3.05) is 13.1 Å². The first-order valence-electron chi connectivity index (χ1n) is 6.01. The molecule has 0 spiro atoms. The predicted octanol–water partition coefficient (Wildman–Crippen LogP) is 1.98. The van der Waals surface area contributed by atoms with Gasteiger partial charge in [-0.15, -0.1) is 0 Å². The molecule has 1 amide bonds. The molecule has 1 saturated carbocycles. The van der Waals surface area contributed by atoms with Gasteiger partial charge in [-0.3, -0.25) is 9.89 Å². The summed E-state index contributed by atoms with van der Waals surface area (Å²) in [6.45, 7) is 5.60. The van der Waals surface area contributed by atoms with E-state index in [0.717, 1.165) is 24.7 Å². The van der Waals surface area contributed by atoms with E-state index in [9.17, 15) is 4.79 Å². The molecular formula is C12H19N3O. The Morgan fingerprint density at radius 3 is 2.81 bits per heavy atom. The van der Waals surface area contributed by atoms with E-state index in [1.54, 1.807) is 6.20 Å². The fourth-order valence-corrected chi connectivity index (χ4v) is 2.08. The monoisotopic (exact) mass is 221 g/mol. The molecule has 0 unspecified atom stereocenters. The number of rotatable bonds is 4. The molecule has 4 nitrogen and oxygen atoms in total. The van der Waals surface area contributed by atoms with E-state index in [4.69, 9.17) is 0 Å². The Balaban J connectivity index is 2.03. The molecule has 0 saturated heterocycles. The van der Waals surface area contributed by atoms with Crippen LogP contribution in [0, 0.1) is 12.8 Å². The van der Waals surface area contributed by atoms with E-state index < -0.39 is 0 Å². The molecule has 1 fully saturated rings. The molecule has 4 heteroatoms. The Labute approximate surface area is 96.0 Å². The minimum Gasteiger partial charge on any atom is -0.339 e. The molecule has 1 aliphatic rings. The number of carbonyl (C=O) groups excluding carboxylic acids is 1. The molecule has 1 aromatic rings. The number of carbonyl (C=O) groups is 1. The average Bonchev–Trinajstić information content (AvgIpc) is 2.62. The number of amides is 1. The van der Waals surface area contributed by atoms with Crippen LogP contribution in [0.4, 0.5) is 0 Å². The highest BCUT2D eigenvalue weighted by Crippen LogP contribution is 2.27. The Hall–Kier alpha value is -1.32. The van der Waals surface area contributed by atoms with Crippen LogP contribution in [0.5, 0.6) is 0 Å². The van der Waals surface area contributed by atoms with Gasteiger partial charge in [0, 0.05) is 18.8 Å². The standard InChI is InChI=1S/C12H19N3O/c1-3-15(8-10-5-4-6-10)12(16)11-7-13-14-9(11)2/h7,10H,3-6,8H2,1-2H3,(H,13,14). The zero-order chi connectivity index (χ0) is 11.5. The van der Waals surface area contributed by atoms with E-state index in [2.05, 4.69) is 10.2 Å². The first-order chi connectivity index (χ1) is 7.72. The van der Waals surface area contributed by atoms with Gasteiger partial charge in [0.1, 0.15) is 0 Å². The van der Waals surface area contributed by atoms with Crippen molar-refractivity contribution in [3.63, 3.8) is 0 Å². The molecule has 1 aromatic heterocycles. The average molecular weight is 221 g/mol. The van der Waals surface area contributed by atoms with Crippen molar-refractivity contribution in [1.29, 1.82) is 0 Å². The molecular weight excluding hydrogens is 202 g/mol. The topological polar surface area (TPSA) is 49.0 Å². The highest BCUT2D eigenvalue weighted by atomic mass is 16.2. The Morgan fingerprint density at radius 1 is 1.62 bits per heavy atom. The number of hydrogen-bond donors (Lipinski definition) is 1. The zero-order valence-corrected chi connectivity index (χ0v) is 9.99. The van der Waals surface area contributed by atoms with Gasteiger partial charge < -0.3 is 4.90 Å². The van der Waals surface area contributed by atoms with Crippen molar-refractivity contribution in [3.8, 4) is 0 Å². The Kier molecular flexibility index (Phi) is 3.27. The van der Waals surface area contributed by atoms with Crippen LogP contribution in [0.15, 0.2) is 6.20 Å². The van der Waals surface area contributed by atoms with Crippen LogP contribution in [0.25, 0.3) is 0 Å². The first-order valence-corrected chi connectivity index (χ1v) is 6.01. The quantitative estimate of drug-likeness (QED) is 0.845. The number of aromatic amines is 1. The fraction of sp³-hybridized carbons (Fsp3) is 0.667. The molecule has 0 aromatic carbocycles. The number of aryl methyl sites for hydroxylation is 1. The van der Waals surface area contributed by atoms with Gasteiger partial charge in [0.05, 0.1) is 11.8 Å². The second-order valence-corrected chi connectivity index (χ2v) is 4.55. The van der Waals surface area contributed by atoms with Crippen molar-refractivity contribution in [2.45, 2.75) is 33.1 Å². The third kappa shape index (κ3) is 2.10.